The van der Waals surface area contributed by atoms with E-state index in [1.54, 1.807) is 0 Å². The number of rotatable bonds is 2. The van der Waals surface area contributed by atoms with Gasteiger partial charge in [-0.05, 0) is 15.9 Å². The third-order valence-electron chi connectivity index (χ3n) is 0.655. The van der Waals surface area contributed by atoms with Crippen LogP contribution < -0.4 is 0 Å². The maximum atomic E-state index is 12.5. The van der Waals surface area contributed by atoms with E-state index >= 15 is 0 Å². The highest BCUT2D eigenvalue weighted by Gasteiger charge is 2.40. The lowest BCUT2D eigenvalue weighted by Gasteiger charge is -2.16. The molecule has 10 heavy (non-hydrogen) atoms. The minimum absolute atomic E-state index is 0.375. The van der Waals surface area contributed by atoms with E-state index in [4.69, 9.17) is 0 Å². The second-order valence-corrected chi connectivity index (χ2v) is 3.76. The van der Waals surface area contributed by atoms with Crippen LogP contribution in [0, 0.1) is 0 Å². The molecular weight excluding hydrogens is 284 g/mol. The van der Waals surface area contributed by atoms with Gasteiger partial charge < -0.3 is 0 Å². The van der Waals surface area contributed by atoms with Crippen LogP contribution >= 0.6 is 31.9 Å². The fourth-order valence-corrected chi connectivity index (χ4v) is 0.857. The van der Waals surface area contributed by atoms with Gasteiger partial charge in [-0.2, -0.15) is 13.2 Å². The highest BCUT2D eigenvalue weighted by molar-refractivity contribution is 9.12. The molecule has 0 spiro atoms. The van der Waals surface area contributed by atoms with Gasteiger partial charge in [-0.15, -0.1) is 0 Å². The summed E-state index contributed by atoms with van der Waals surface area (Å²) < 4.78 is 44.4. The molecule has 0 aliphatic rings. The summed E-state index contributed by atoms with van der Waals surface area (Å²) in [5.41, 5.74) is 0. The third-order valence-corrected chi connectivity index (χ3v) is 2.86. The molecular formula is C4H4Br2F4. The van der Waals surface area contributed by atoms with Crippen molar-refractivity contribution in [3.63, 3.8) is 0 Å². The second kappa shape index (κ2) is 3.38. The molecule has 0 fully saturated rings. The molecule has 0 saturated heterocycles. The van der Waals surface area contributed by atoms with Gasteiger partial charge in [0.1, 0.15) is 0 Å². The van der Waals surface area contributed by atoms with Gasteiger partial charge in [0, 0.05) is 5.33 Å². The topological polar surface area (TPSA) is 0 Å². The van der Waals surface area contributed by atoms with E-state index in [9.17, 15) is 17.6 Å². The van der Waals surface area contributed by atoms with E-state index in [0.717, 1.165) is 0 Å². The molecule has 62 valence electrons. The van der Waals surface area contributed by atoms with Gasteiger partial charge in [0.05, 0.1) is 6.42 Å². The van der Waals surface area contributed by atoms with Crippen molar-refractivity contribution in [3.05, 3.63) is 0 Å². The number of hydrogen-bond donors (Lipinski definition) is 0. The summed E-state index contributed by atoms with van der Waals surface area (Å²) in [6, 6.07) is 0. The van der Waals surface area contributed by atoms with Crippen LogP contribution in [-0.4, -0.2) is 16.1 Å². The molecule has 0 aromatic heterocycles. The summed E-state index contributed by atoms with van der Waals surface area (Å²) in [6.07, 6.45) is -5.95. The number of halogens is 6. The average molecular weight is 288 g/mol. The van der Waals surface area contributed by atoms with Gasteiger partial charge in [0.2, 0.25) is 0 Å². The molecule has 0 amide bonds. The molecule has 0 unspecified atom stereocenters. The van der Waals surface area contributed by atoms with E-state index in [-0.39, 0.29) is 5.33 Å². The molecule has 6 heteroatoms. The van der Waals surface area contributed by atoms with Gasteiger partial charge in [0.15, 0.2) is 4.58 Å². The normalized spacial score (nSPS) is 18.6. The molecule has 0 bridgehead atoms. The molecule has 0 radical (unpaired) electrons. The molecule has 0 aliphatic heterocycles. The predicted molar refractivity (Wildman–Crippen MR) is 37.2 cm³/mol. The lowest BCUT2D eigenvalue weighted by atomic mass is 10.3. The Bertz CT molecular complexity index is 108. The van der Waals surface area contributed by atoms with Gasteiger partial charge in [-0.1, -0.05) is 15.9 Å². The average Bonchev–Trinajstić information content (AvgIpc) is 1.60. The molecule has 0 aromatic carbocycles. The number of hydrogen-bond acceptors (Lipinski definition) is 0. The monoisotopic (exact) mass is 286 g/mol. The van der Waals surface area contributed by atoms with Crippen LogP contribution in [-0.2, 0) is 0 Å². The molecule has 0 rings (SSSR count). The lowest BCUT2D eigenvalue weighted by Crippen LogP contribution is -2.25. The minimum atomic E-state index is -4.47. The maximum Gasteiger partial charge on any atom is 0.393 e. The van der Waals surface area contributed by atoms with Crippen molar-refractivity contribution < 1.29 is 17.6 Å². The Morgan fingerprint density at radius 1 is 1.10 bits per heavy atom. The van der Waals surface area contributed by atoms with Crippen LogP contribution in [0.15, 0.2) is 0 Å². The molecule has 0 aliphatic carbocycles. The molecule has 0 aromatic rings. The predicted octanol–water partition coefficient (Wildman–Crippen LogP) is 3.39. The molecule has 0 heterocycles. The third kappa shape index (κ3) is 5.46. The van der Waals surface area contributed by atoms with Crippen molar-refractivity contribution in [1.82, 2.24) is 0 Å². The van der Waals surface area contributed by atoms with E-state index in [1.165, 1.54) is 0 Å². The van der Waals surface area contributed by atoms with Crippen molar-refractivity contribution in [1.29, 1.82) is 0 Å². The Morgan fingerprint density at radius 3 is 1.60 bits per heavy atom. The van der Waals surface area contributed by atoms with E-state index in [0.29, 0.717) is 0 Å². The van der Waals surface area contributed by atoms with Gasteiger partial charge in [-0.3, -0.25) is 0 Å². The maximum absolute atomic E-state index is 12.5. The summed E-state index contributed by atoms with van der Waals surface area (Å²) in [6.45, 7) is 0. The van der Waals surface area contributed by atoms with Crippen molar-refractivity contribution >= 4 is 31.9 Å². The Labute approximate surface area is 72.2 Å². The smallest absolute Gasteiger partial charge is 0.230 e. The Kier molecular flexibility index (Phi) is 3.61. The van der Waals surface area contributed by atoms with Crippen LogP contribution in [0.3, 0.4) is 0 Å². The fraction of sp³-hybridized carbons (Fsp3) is 1.00. The van der Waals surface area contributed by atoms with Gasteiger partial charge in [0.25, 0.3) is 0 Å². The summed E-state index contributed by atoms with van der Waals surface area (Å²) in [5.74, 6) is 0. The Morgan fingerprint density at radius 2 is 1.50 bits per heavy atom. The zero-order valence-corrected chi connectivity index (χ0v) is 7.85. The van der Waals surface area contributed by atoms with Crippen LogP contribution in [0.2, 0.25) is 0 Å². The summed E-state index contributed by atoms with van der Waals surface area (Å²) in [5, 5.41) is -0.375. The SMILES string of the molecule is FC(F)(F)C[C@](F)(Br)CBr. The van der Waals surface area contributed by atoms with Crippen LogP contribution in [0.4, 0.5) is 17.6 Å². The zero-order chi connectivity index (χ0) is 8.41. The standard InChI is InChI=1S/C4H4Br2F4/c5-2-3(6,7)1-4(8,9)10/h1-2H2/t3-/m1/s1. The van der Waals surface area contributed by atoms with Crippen molar-refractivity contribution in [2.75, 3.05) is 5.33 Å². The highest BCUT2D eigenvalue weighted by Crippen LogP contribution is 2.35. The van der Waals surface area contributed by atoms with Crippen molar-refractivity contribution in [3.8, 4) is 0 Å². The van der Waals surface area contributed by atoms with E-state index < -0.39 is 17.2 Å². The number of alkyl halides is 6. The fourth-order valence-electron chi connectivity index (χ4n) is 0.341. The zero-order valence-electron chi connectivity index (χ0n) is 4.68. The largest absolute Gasteiger partial charge is 0.393 e. The first-order valence-electron chi connectivity index (χ1n) is 2.27. The molecule has 0 N–H and O–H groups in total. The highest BCUT2D eigenvalue weighted by atomic mass is 79.9. The lowest BCUT2D eigenvalue weighted by molar-refractivity contribution is -0.146. The van der Waals surface area contributed by atoms with E-state index in [2.05, 4.69) is 31.9 Å². The summed E-state index contributed by atoms with van der Waals surface area (Å²) in [4.78, 5) is 0. The van der Waals surface area contributed by atoms with Gasteiger partial charge in [-0.25, -0.2) is 4.39 Å². The Hall–Kier alpha value is 0.680. The summed E-state index contributed by atoms with van der Waals surface area (Å²) in [7, 11) is 0. The molecule has 0 nitrogen and oxygen atoms in total. The van der Waals surface area contributed by atoms with Crippen molar-refractivity contribution in [2.45, 2.75) is 17.2 Å². The van der Waals surface area contributed by atoms with E-state index in [1.807, 2.05) is 0 Å². The van der Waals surface area contributed by atoms with Crippen LogP contribution in [0.5, 0.6) is 0 Å². The second-order valence-electron chi connectivity index (χ2n) is 1.78. The molecule has 1 atom stereocenters. The van der Waals surface area contributed by atoms with Crippen molar-refractivity contribution in [2.24, 2.45) is 0 Å². The van der Waals surface area contributed by atoms with Crippen LogP contribution in [0.25, 0.3) is 0 Å². The quantitative estimate of drug-likeness (QED) is 0.539. The molecule has 0 saturated carbocycles. The first kappa shape index (κ1) is 10.7. The van der Waals surface area contributed by atoms with Gasteiger partial charge >= 0.3 is 6.18 Å². The van der Waals surface area contributed by atoms with Crippen LogP contribution in [0.1, 0.15) is 6.42 Å². The first-order chi connectivity index (χ1) is 4.27. The first-order valence-corrected chi connectivity index (χ1v) is 4.19. The minimum Gasteiger partial charge on any atom is -0.230 e. The Balaban J connectivity index is 3.89. The summed E-state index contributed by atoms with van der Waals surface area (Å²) >= 11 is 4.88.